The second-order valence-electron chi connectivity index (χ2n) is 8.07. The van der Waals surface area contributed by atoms with Gasteiger partial charge in [0.25, 0.3) is 0 Å². The number of carbonyl (C=O) groups is 1. The van der Waals surface area contributed by atoms with Crippen LogP contribution in [0, 0.1) is 30.1 Å². The monoisotopic (exact) mass is 362 g/mol. The molecule has 1 aromatic rings. The minimum atomic E-state index is -3.66. The number of ether oxygens (including phenoxy) is 1. The summed E-state index contributed by atoms with van der Waals surface area (Å²) >= 11 is 0. The summed E-state index contributed by atoms with van der Waals surface area (Å²) in [7, 11) is -3.66. The Hall–Kier alpha value is -1.62. The van der Waals surface area contributed by atoms with Gasteiger partial charge in [0.2, 0.25) is 0 Å². The van der Waals surface area contributed by atoms with Crippen LogP contribution in [0.1, 0.15) is 32.3 Å². The molecule has 0 spiro atoms. The third kappa shape index (κ3) is 3.39. The van der Waals surface area contributed by atoms with E-state index in [9.17, 15) is 13.2 Å². The minimum absolute atomic E-state index is 0.153. The van der Waals surface area contributed by atoms with E-state index in [4.69, 9.17) is 4.74 Å². The van der Waals surface area contributed by atoms with Crippen LogP contribution in [-0.2, 0) is 19.4 Å². The standard InChI is InChI=1S/C20H26O4S/c1-13-5-7-17(8-6-13)25(22,23)12-19(21)24-11-15-9-16-10-18(14(15)2)20(16,3)4/h5-8,15-16,18H,2,9-12H2,1,3-4H3/t15-,16+,18+/m0/s1. The number of hydrogen-bond donors (Lipinski definition) is 0. The normalized spacial score (nSPS) is 27.5. The zero-order valence-electron chi connectivity index (χ0n) is 15.1. The minimum Gasteiger partial charge on any atom is -0.464 e. The van der Waals surface area contributed by atoms with Gasteiger partial charge >= 0.3 is 5.97 Å². The number of hydrogen-bond acceptors (Lipinski definition) is 4. The van der Waals surface area contributed by atoms with Gasteiger partial charge in [0.05, 0.1) is 11.5 Å². The fourth-order valence-corrected chi connectivity index (χ4v) is 5.33. The van der Waals surface area contributed by atoms with Crippen molar-refractivity contribution in [2.75, 3.05) is 12.4 Å². The Morgan fingerprint density at radius 3 is 2.44 bits per heavy atom. The van der Waals surface area contributed by atoms with Crippen molar-refractivity contribution in [2.45, 2.75) is 38.5 Å². The summed E-state index contributed by atoms with van der Waals surface area (Å²) in [6.07, 6.45) is 2.15. The molecule has 3 saturated carbocycles. The van der Waals surface area contributed by atoms with Crippen LogP contribution in [0.25, 0.3) is 0 Å². The summed E-state index contributed by atoms with van der Waals surface area (Å²) in [4.78, 5) is 12.2. The summed E-state index contributed by atoms with van der Waals surface area (Å²) < 4.78 is 29.9. The Bertz CT molecular complexity index is 789. The van der Waals surface area contributed by atoms with Crippen LogP contribution >= 0.6 is 0 Å². The maximum absolute atomic E-state index is 12.3. The van der Waals surface area contributed by atoms with E-state index in [2.05, 4.69) is 20.4 Å². The molecule has 0 unspecified atom stereocenters. The van der Waals surface area contributed by atoms with Crippen LogP contribution in [0.2, 0.25) is 0 Å². The zero-order valence-corrected chi connectivity index (χ0v) is 15.9. The molecule has 0 amide bonds. The first-order valence-electron chi connectivity index (χ1n) is 8.75. The van der Waals surface area contributed by atoms with Gasteiger partial charge in [0.1, 0.15) is 0 Å². The SMILES string of the molecule is C=C1[C@H](COC(=O)CS(=O)(=O)c2ccc(C)cc2)C[C@@H]2C[C@H]1C2(C)C. The van der Waals surface area contributed by atoms with Crippen LogP contribution in [0.5, 0.6) is 0 Å². The van der Waals surface area contributed by atoms with E-state index in [-0.39, 0.29) is 17.4 Å². The lowest BCUT2D eigenvalue weighted by Crippen LogP contribution is -2.52. The molecule has 136 valence electrons. The quantitative estimate of drug-likeness (QED) is 0.594. The Morgan fingerprint density at radius 2 is 1.88 bits per heavy atom. The number of carbonyl (C=O) groups excluding carboxylic acids is 1. The first kappa shape index (κ1) is 18.2. The van der Waals surface area contributed by atoms with Gasteiger partial charge in [-0.25, -0.2) is 8.42 Å². The Kier molecular flexibility index (Phi) is 4.56. The summed E-state index contributed by atoms with van der Waals surface area (Å²) in [5, 5.41) is 0. The molecule has 25 heavy (non-hydrogen) atoms. The molecular formula is C20H26O4S. The van der Waals surface area contributed by atoms with Crippen LogP contribution in [0.15, 0.2) is 41.3 Å². The van der Waals surface area contributed by atoms with Crippen molar-refractivity contribution in [3.63, 3.8) is 0 Å². The molecule has 4 nitrogen and oxygen atoms in total. The molecule has 4 rings (SSSR count). The lowest BCUT2D eigenvalue weighted by Gasteiger charge is -2.59. The molecular weight excluding hydrogens is 336 g/mol. The Labute approximate surface area is 150 Å². The van der Waals surface area contributed by atoms with Gasteiger partial charge in [0, 0.05) is 5.92 Å². The Morgan fingerprint density at radius 1 is 1.24 bits per heavy atom. The summed E-state index contributed by atoms with van der Waals surface area (Å²) in [5.74, 6) is -0.0166. The van der Waals surface area contributed by atoms with E-state index < -0.39 is 21.6 Å². The van der Waals surface area contributed by atoms with Crippen LogP contribution in [0.3, 0.4) is 0 Å². The number of benzene rings is 1. The first-order valence-corrected chi connectivity index (χ1v) is 10.4. The molecule has 0 heterocycles. The van der Waals surface area contributed by atoms with E-state index >= 15 is 0 Å². The van der Waals surface area contributed by atoms with Gasteiger partial charge in [-0.1, -0.05) is 43.7 Å². The molecule has 5 heteroatoms. The van der Waals surface area contributed by atoms with E-state index in [1.807, 2.05) is 6.92 Å². The molecule has 3 atom stereocenters. The van der Waals surface area contributed by atoms with Gasteiger partial charge < -0.3 is 4.74 Å². The number of aryl methyl sites for hydroxylation is 1. The second-order valence-corrected chi connectivity index (χ2v) is 10.1. The smallest absolute Gasteiger partial charge is 0.321 e. The lowest BCUT2D eigenvalue weighted by molar-refractivity contribution is -0.143. The van der Waals surface area contributed by atoms with E-state index in [0.29, 0.717) is 17.3 Å². The van der Waals surface area contributed by atoms with Crippen LogP contribution in [0.4, 0.5) is 0 Å². The fraction of sp³-hybridized carbons (Fsp3) is 0.550. The average Bonchev–Trinajstić information content (AvgIpc) is 2.53. The van der Waals surface area contributed by atoms with Crippen molar-refractivity contribution < 1.29 is 17.9 Å². The number of esters is 1. The van der Waals surface area contributed by atoms with Crippen LogP contribution in [-0.4, -0.2) is 26.7 Å². The molecule has 0 aromatic heterocycles. The second kappa shape index (κ2) is 6.27. The predicted octanol–water partition coefficient (Wildman–Crippen LogP) is 3.55. The van der Waals surface area contributed by atoms with E-state index in [0.717, 1.165) is 17.6 Å². The molecule has 2 bridgehead atoms. The van der Waals surface area contributed by atoms with Crippen molar-refractivity contribution >= 4 is 15.8 Å². The molecule has 0 radical (unpaired) electrons. The van der Waals surface area contributed by atoms with Gasteiger partial charge in [-0.15, -0.1) is 0 Å². The molecule has 1 aromatic carbocycles. The highest BCUT2D eigenvalue weighted by Gasteiger charge is 2.54. The maximum Gasteiger partial charge on any atom is 0.321 e. The number of rotatable bonds is 5. The molecule has 3 aliphatic carbocycles. The highest BCUT2D eigenvalue weighted by molar-refractivity contribution is 7.92. The Balaban J connectivity index is 1.55. The molecule has 3 aliphatic rings. The highest BCUT2D eigenvalue weighted by Crippen LogP contribution is 2.62. The topological polar surface area (TPSA) is 60.4 Å². The summed E-state index contributed by atoms with van der Waals surface area (Å²) in [6.45, 7) is 10.9. The fourth-order valence-electron chi connectivity index (χ4n) is 4.22. The molecule has 0 aliphatic heterocycles. The first-order chi connectivity index (χ1) is 11.6. The third-order valence-electron chi connectivity index (χ3n) is 6.15. The van der Waals surface area contributed by atoms with E-state index in [1.54, 1.807) is 12.1 Å². The van der Waals surface area contributed by atoms with Crippen molar-refractivity contribution in [1.29, 1.82) is 0 Å². The zero-order chi connectivity index (χ0) is 18.4. The van der Waals surface area contributed by atoms with E-state index in [1.165, 1.54) is 18.6 Å². The van der Waals surface area contributed by atoms with Crippen molar-refractivity contribution in [1.82, 2.24) is 0 Å². The average molecular weight is 362 g/mol. The third-order valence-corrected chi connectivity index (χ3v) is 7.75. The van der Waals surface area contributed by atoms with Gasteiger partial charge in [0.15, 0.2) is 15.6 Å². The molecule has 0 N–H and O–H groups in total. The van der Waals surface area contributed by atoms with Gasteiger partial charge in [-0.3, -0.25) is 4.79 Å². The summed E-state index contributed by atoms with van der Waals surface area (Å²) in [5.41, 5.74) is 2.42. The number of sulfone groups is 1. The van der Waals surface area contributed by atoms with Crippen molar-refractivity contribution in [2.24, 2.45) is 23.2 Å². The molecule has 0 saturated heterocycles. The van der Waals surface area contributed by atoms with Crippen molar-refractivity contribution in [3.05, 3.63) is 42.0 Å². The van der Waals surface area contributed by atoms with Gasteiger partial charge in [-0.2, -0.15) is 0 Å². The summed E-state index contributed by atoms with van der Waals surface area (Å²) in [6, 6.07) is 6.49. The lowest BCUT2D eigenvalue weighted by atomic mass is 9.45. The maximum atomic E-state index is 12.3. The highest BCUT2D eigenvalue weighted by atomic mass is 32.2. The number of fused-ring (bicyclic) bond motifs is 2. The van der Waals surface area contributed by atoms with Gasteiger partial charge in [-0.05, 0) is 49.1 Å². The van der Waals surface area contributed by atoms with Crippen molar-refractivity contribution in [3.8, 4) is 0 Å². The largest absolute Gasteiger partial charge is 0.464 e. The molecule has 3 fully saturated rings. The predicted molar refractivity (Wildman–Crippen MR) is 96.8 cm³/mol. The van der Waals surface area contributed by atoms with Crippen LogP contribution < -0.4 is 0 Å².